The fourth-order valence-electron chi connectivity index (χ4n) is 3.56. The Bertz CT molecular complexity index is 1100. The zero-order valence-electron chi connectivity index (χ0n) is 22.0. The maximum Gasteiger partial charge on any atom is 0.208 e. The van der Waals surface area contributed by atoms with Gasteiger partial charge in [-0.15, -0.1) is 0 Å². The van der Waals surface area contributed by atoms with Crippen LogP contribution >= 0.6 is 0 Å². The number of allylic oxidation sites excluding steroid dienone is 2. The second kappa shape index (κ2) is 14.4. The van der Waals surface area contributed by atoms with Crippen molar-refractivity contribution in [2.24, 2.45) is 9.98 Å². The Labute approximate surface area is 214 Å². The molecular weight excluding hydrogens is 454 g/mol. The van der Waals surface area contributed by atoms with Crippen LogP contribution in [0.25, 0.3) is 5.70 Å². The zero-order chi connectivity index (χ0) is 26.5. The number of unbranched alkanes of at least 4 members (excludes halogenated alkanes) is 1. The molecule has 0 unspecified atom stereocenters. The lowest BCUT2D eigenvalue weighted by Gasteiger charge is -2.29. The standard InChI is InChI=1S/C29H37N3O4/c1-8-9-13-27(32(21(2)3)29-25(35-6)11-10-12-26(29)36-7)31-28(33)19-16-23-14-17-24(18-15-23)22(4)30-20-34-5/h10-12,14-15,17-20,33H,2,4,8-9,13,16H2,1,3,5-7H3/b28-19-,30-20?,31-27-. The van der Waals surface area contributed by atoms with E-state index in [0.29, 0.717) is 41.6 Å². The molecule has 2 rings (SSSR count). The number of aliphatic hydroxyl groups is 1. The molecule has 7 heteroatoms. The molecule has 0 aliphatic carbocycles. The number of nitrogens with zero attached hydrogens (tertiary/aromatic N) is 3. The number of anilines is 1. The molecule has 1 N–H and O–H groups in total. The Balaban J connectivity index is 2.37. The maximum atomic E-state index is 10.8. The van der Waals surface area contributed by atoms with Crippen molar-refractivity contribution in [3.05, 3.63) is 84.4 Å². The van der Waals surface area contributed by atoms with Crippen LogP contribution in [-0.4, -0.2) is 38.7 Å². The van der Waals surface area contributed by atoms with Gasteiger partial charge in [-0.3, -0.25) is 4.90 Å². The summed E-state index contributed by atoms with van der Waals surface area (Å²) in [5.41, 5.74) is 3.95. The van der Waals surface area contributed by atoms with Crippen LogP contribution in [0.5, 0.6) is 11.5 Å². The van der Waals surface area contributed by atoms with E-state index in [1.165, 1.54) is 13.5 Å². The molecule has 0 radical (unpaired) electrons. The van der Waals surface area contributed by atoms with E-state index in [1.807, 2.05) is 54.3 Å². The normalized spacial score (nSPS) is 11.9. The largest absolute Gasteiger partial charge is 0.494 e. The number of aliphatic imine (C=N–C) groups is 2. The van der Waals surface area contributed by atoms with Crippen LogP contribution in [0.15, 0.2) is 83.3 Å². The van der Waals surface area contributed by atoms with Crippen molar-refractivity contribution >= 4 is 23.6 Å². The highest BCUT2D eigenvalue weighted by atomic mass is 16.5. The number of methoxy groups -OCH3 is 3. The first kappa shape index (κ1) is 28.2. The summed E-state index contributed by atoms with van der Waals surface area (Å²) in [6, 6.07) is 13.4. The van der Waals surface area contributed by atoms with E-state index in [0.717, 1.165) is 29.7 Å². The molecule has 36 heavy (non-hydrogen) atoms. The molecule has 0 heterocycles. The SMILES string of the molecule is C=C(N=COC)c1ccc(C/C=C(O)/N=C(/CCCC)N(C(=C)C)c2c(OC)cccc2OC)cc1. The molecule has 0 fully saturated rings. The zero-order valence-corrected chi connectivity index (χ0v) is 22.0. The molecule has 0 saturated heterocycles. The molecule has 2 aromatic carbocycles. The molecule has 0 saturated carbocycles. The van der Waals surface area contributed by atoms with E-state index in [1.54, 1.807) is 20.3 Å². The average Bonchev–Trinajstić information content (AvgIpc) is 2.89. The second-order valence-electron chi connectivity index (χ2n) is 8.09. The molecule has 0 amide bonds. The third-order valence-electron chi connectivity index (χ3n) is 5.38. The maximum absolute atomic E-state index is 10.8. The van der Waals surface area contributed by atoms with E-state index >= 15 is 0 Å². The van der Waals surface area contributed by atoms with E-state index < -0.39 is 0 Å². The first-order valence-electron chi connectivity index (χ1n) is 11.8. The summed E-state index contributed by atoms with van der Waals surface area (Å²) in [4.78, 5) is 10.6. The first-order chi connectivity index (χ1) is 17.4. The summed E-state index contributed by atoms with van der Waals surface area (Å²) in [7, 11) is 4.76. The Morgan fingerprint density at radius 3 is 2.19 bits per heavy atom. The number of amidine groups is 1. The van der Waals surface area contributed by atoms with E-state index in [-0.39, 0.29) is 5.88 Å². The van der Waals surface area contributed by atoms with Gasteiger partial charge in [0.2, 0.25) is 5.88 Å². The van der Waals surface area contributed by atoms with Gasteiger partial charge >= 0.3 is 0 Å². The van der Waals surface area contributed by atoms with Gasteiger partial charge in [-0.2, -0.15) is 0 Å². The molecule has 0 aliphatic rings. The third kappa shape index (κ3) is 7.77. The van der Waals surface area contributed by atoms with Crippen LogP contribution < -0.4 is 14.4 Å². The van der Waals surface area contributed by atoms with Gasteiger partial charge in [0.1, 0.15) is 23.0 Å². The Morgan fingerprint density at radius 1 is 1.03 bits per heavy atom. The average molecular weight is 492 g/mol. The van der Waals surface area contributed by atoms with Crippen LogP contribution in [-0.2, 0) is 11.2 Å². The molecule has 0 aromatic heterocycles. The predicted molar refractivity (Wildman–Crippen MR) is 149 cm³/mol. The molecule has 192 valence electrons. The van der Waals surface area contributed by atoms with Gasteiger partial charge in [-0.25, -0.2) is 9.98 Å². The Hall–Kier alpha value is -4.00. The van der Waals surface area contributed by atoms with Crippen molar-refractivity contribution in [2.45, 2.75) is 39.5 Å². The van der Waals surface area contributed by atoms with E-state index in [9.17, 15) is 5.11 Å². The lowest BCUT2D eigenvalue weighted by Crippen LogP contribution is -2.30. The summed E-state index contributed by atoms with van der Waals surface area (Å²) < 4.78 is 16.1. The number of hydrogen-bond donors (Lipinski definition) is 1. The highest BCUT2D eigenvalue weighted by Crippen LogP contribution is 2.40. The quantitative estimate of drug-likeness (QED) is 0.187. The Kier molecular flexibility index (Phi) is 11.3. The van der Waals surface area contributed by atoms with Crippen LogP contribution in [0.1, 0.15) is 44.2 Å². The number of para-hydroxylation sites is 1. The van der Waals surface area contributed by atoms with Gasteiger partial charge < -0.3 is 19.3 Å². The van der Waals surface area contributed by atoms with Gasteiger partial charge in [0.25, 0.3) is 0 Å². The number of rotatable bonds is 13. The van der Waals surface area contributed by atoms with Gasteiger partial charge in [-0.05, 0) is 49.1 Å². The highest BCUT2D eigenvalue weighted by Gasteiger charge is 2.23. The third-order valence-corrected chi connectivity index (χ3v) is 5.38. The predicted octanol–water partition coefficient (Wildman–Crippen LogP) is 6.92. The lowest BCUT2D eigenvalue weighted by molar-refractivity contribution is 0.395. The molecule has 2 aromatic rings. The highest BCUT2D eigenvalue weighted by molar-refractivity contribution is 6.03. The lowest BCUT2D eigenvalue weighted by atomic mass is 10.1. The summed E-state index contributed by atoms with van der Waals surface area (Å²) in [6.07, 6.45) is 6.05. The molecule has 0 bridgehead atoms. The number of ether oxygens (including phenoxy) is 3. The fraction of sp³-hybridized carbons (Fsp3) is 0.310. The minimum absolute atomic E-state index is 0.0700. The van der Waals surface area contributed by atoms with E-state index in [2.05, 4.69) is 30.1 Å². The van der Waals surface area contributed by atoms with Gasteiger partial charge in [0.05, 0.1) is 27.0 Å². The van der Waals surface area contributed by atoms with Crippen molar-refractivity contribution in [2.75, 3.05) is 26.2 Å². The van der Waals surface area contributed by atoms with Crippen molar-refractivity contribution < 1.29 is 19.3 Å². The topological polar surface area (TPSA) is 75.9 Å². The van der Waals surface area contributed by atoms with Crippen molar-refractivity contribution in [1.29, 1.82) is 0 Å². The van der Waals surface area contributed by atoms with Crippen LogP contribution in [0.4, 0.5) is 5.69 Å². The van der Waals surface area contributed by atoms with Gasteiger partial charge in [0.15, 0.2) is 6.40 Å². The number of aliphatic hydroxyl groups excluding tert-OH is 1. The monoisotopic (exact) mass is 491 g/mol. The van der Waals surface area contributed by atoms with Crippen molar-refractivity contribution in [3.8, 4) is 11.5 Å². The van der Waals surface area contributed by atoms with Crippen molar-refractivity contribution in [3.63, 3.8) is 0 Å². The number of benzene rings is 2. The minimum Gasteiger partial charge on any atom is -0.494 e. The molecule has 0 spiro atoms. The van der Waals surface area contributed by atoms with Crippen molar-refractivity contribution in [1.82, 2.24) is 0 Å². The summed E-state index contributed by atoms with van der Waals surface area (Å²) in [6.45, 7) is 12.1. The summed E-state index contributed by atoms with van der Waals surface area (Å²) >= 11 is 0. The summed E-state index contributed by atoms with van der Waals surface area (Å²) in [5.74, 6) is 1.84. The smallest absolute Gasteiger partial charge is 0.208 e. The van der Waals surface area contributed by atoms with Crippen LogP contribution in [0.3, 0.4) is 0 Å². The molecule has 0 aliphatic heterocycles. The molecule has 7 nitrogen and oxygen atoms in total. The fourth-order valence-corrected chi connectivity index (χ4v) is 3.56. The molecule has 0 atom stereocenters. The van der Waals surface area contributed by atoms with E-state index in [4.69, 9.17) is 14.2 Å². The Morgan fingerprint density at radius 2 is 1.67 bits per heavy atom. The molecular formula is C29H37N3O4. The first-order valence-corrected chi connectivity index (χ1v) is 11.8. The second-order valence-corrected chi connectivity index (χ2v) is 8.09. The van der Waals surface area contributed by atoms with Crippen LogP contribution in [0.2, 0.25) is 0 Å². The number of hydrogen-bond acceptors (Lipinski definition) is 6. The van der Waals surface area contributed by atoms with Gasteiger partial charge in [-0.1, -0.05) is 56.8 Å². The minimum atomic E-state index is -0.0700. The summed E-state index contributed by atoms with van der Waals surface area (Å²) in [5, 5.41) is 10.8. The van der Waals surface area contributed by atoms with Crippen LogP contribution in [0, 0.1) is 0 Å². The van der Waals surface area contributed by atoms with Gasteiger partial charge in [0, 0.05) is 12.1 Å².